The van der Waals surface area contributed by atoms with Gasteiger partial charge in [0.05, 0.1) is 10.7 Å². The number of aromatic nitrogens is 1. The van der Waals surface area contributed by atoms with Gasteiger partial charge in [-0.25, -0.2) is 4.98 Å². The second kappa shape index (κ2) is 8.30. The van der Waals surface area contributed by atoms with Gasteiger partial charge in [0.2, 0.25) is 0 Å². The molecule has 21 heavy (non-hydrogen) atoms. The number of pyridine rings is 1. The van der Waals surface area contributed by atoms with Gasteiger partial charge in [-0.3, -0.25) is 0 Å². The van der Waals surface area contributed by atoms with E-state index in [1.807, 2.05) is 23.9 Å². The van der Waals surface area contributed by atoms with Crippen LogP contribution in [0.2, 0.25) is 5.02 Å². The Kier molecular flexibility index (Phi) is 6.40. The lowest BCUT2D eigenvalue weighted by molar-refractivity contribution is 0.965. The lowest BCUT2D eigenvalue weighted by Gasteiger charge is -2.09. The SMILES string of the molecule is CCCNc1ccc(Cl)c(CSCc2ccccc2C)n1. The van der Waals surface area contributed by atoms with Gasteiger partial charge in [-0.05, 0) is 36.6 Å². The zero-order chi connectivity index (χ0) is 15.1. The van der Waals surface area contributed by atoms with E-state index in [2.05, 4.69) is 48.4 Å². The quantitative estimate of drug-likeness (QED) is 0.749. The van der Waals surface area contributed by atoms with Crippen molar-refractivity contribution in [1.29, 1.82) is 0 Å². The number of nitrogens with one attached hydrogen (secondary N) is 1. The number of nitrogens with zero attached hydrogens (tertiary/aromatic N) is 1. The van der Waals surface area contributed by atoms with Crippen molar-refractivity contribution in [3.8, 4) is 0 Å². The third-order valence-electron chi connectivity index (χ3n) is 3.23. The first kappa shape index (κ1) is 16.2. The molecular formula is C17H21ClN2S. The number of aryl methyl sites for hydroxylation is 1. The molecule has 0 atom stereocenters. The molecule has 0 spiro atoms. The van der Waals surface area contributed by atoms with E-state index in [-0.39, 0.29) is 0 Å². The Morgan fingerprint density at radius 1 is 1.14 bits per heavy atom. The number of benzene rings is 1. The van der Waals surface area contributed by atoms with Crippen molar-refractivity contribution in [2.24, 2.45) is 0 Å². The molecule has 1 heterocycles. The van der Waals surface area contributed by atoms with Crippen molar-refractivity contribution < 1.29 is 0 Å². The first-order valence-electron chi connectivity index (χ1n) is 7.22. The lowest BCUT2D eigenvalue weighted by atomic mass is 10.1. The monoisotopic (exact) mass is 320 g/mol. The molecule has 2 aromatic rings. The Balaban J connectivity index is 1.94. The van der Waals surface area contributed by atoms with E-state index in [0.717, 1.165) is 41.0 Å². The molecule has 0 fully saturated rings. The van der Waals surface area contributed by atoms with E-state index in [1.54, 1.807) is 0 Å². The van der Waals surface area contributed by atoms with Gasteiger partial charge in [-0.1, -0.05) is 42.8 Å². The molecule has 1 aromatic heterocycles. The largest absolute Gasteiger partial charge is 0.370 e. The highest BCUT2D eigenvalue weighted by atomic mass is 35.5. The fourth-order valence-electron chi connectivity index (χ4n) is 1.97. The van der Waals surface area contributed by atoms with Gasteiger partial charge >= 0.3 is 0 Å². The average molecular weight is 321 g/mol. The van der Waals surface area contributed by atoms with Gasteiger partial charge in [0.15, 0.2) is 0 Å². The maximum atomic E-state index is 6.24. The number of halogens is 1. The molecule has 2 nitrogen and oxygen atoms in total. The van der Waals surface area contributed by atoms with E-state index in [0.29, 0.717) is 0 Å². The predicted octanol–water partition coefficient (Wildman–Crippen LogP) is 5.30. The molecule has 0 amide bonds. The minimum Gasteiger partial charge on any atom is -0.370 e. The van der Waals surface area contributed by atoms with Crippen molar-refractivity contribution in [2.45, 2.75) is 31.8 Å². The molecule has 0 aliphatic heterocycles. The van der Waals surface area contributed by atoms with Gasteiger partial charge in [0, 0.05) is 18.1 Å². The zero-order valence-corrected chi connectivity index (χ0v) is 14.1. The van der Waals surface area contributed by atoms with Crippen LogP contribution in [0.15, 0.2) is 36.4 Å². The summed E-state index contributed by atoms with van der Waals surface area (Å²) in [4.78, 5) is 4.60. The summed E-state index contributed by atoms with van der Waals surface area (Å²) >= 11 is 8.09. The second-order valence-electron chi connectivity index (χ2n) is 4.97. The van der Waals surface area contributed by atoms with Crippen molar-refractivity contribution >= 4 is 29.2 Å². The van der Waals surface area contributed by atoms with Gasteiger partial charge in [0.1, 0.15) is 5.82 Å². The van der Waals surface area contributed by atoms with Crippen molar-refractivity contribution in [1.82, 2.24) is 4.98 Å². The summed E-state index contributed by atoms with van der Waals surface area (Å²) in [5.74, 6) is 2.72. The van der Waals surface area contributed by atoms with Gasteiger partial charge in [0.25, 0.3) is 0 Å². The minimum absolute atomic E-state index is 0.745. The Bertz CT molecular complexity index is 587. The number of rotatable bonds is 7. The van der Waals surface area contributed by atoms with Crippen LogP contribution >= 0.6 is 23.4 Å². The van der Waals surface area contributed by atoms with Crippen LogP contribution in [0.4, 0.5) is 5.82 Å². The summed E-state index contributed by atoms with van der Waals surface area (Å²) in [5, 5.41) is 4.04. The standard InChI is InChI=1S/C17H21ClN2S/c1-3-10-19-17-9-8-15(18)16(20-17)12-21-11-14-7-5-4-6-13(14)2/h4-9H,3,10-12H2,1-2H3,(H,19,20). The summed E-state index contributed by atoms with van der Waals surface area (Å²) in [7, 11) is 0. The fraction of sp³-hybridized carbons (Fsp3) is 0.353. The van der Waals surface area contributed by atoms with Crippen LogP contribution in [-0.2, 0) is 11.5 Å². The van der Waals surface area contributed by atoms with Crippen LogP contribution in [0.25, 0.3) is 0 Å². The normalized spacial score (nSPS) is 10.6. The highest BCUT2D eigenvalue weighted by Gasteiger charge is 2.05. The van der Waals surface area contributed by atoms with Crippen LogP contribution in [0.3, 0.4) is 0 Å². The van der Waals surface area contributed by atoms with Gasteiger partial charge in [-0.2, -0.15) is 11.8 Å². The number of hydrogen-bond acceptors (Lipinski definition) is 3. The molecule has 0 saturated heterocycles. The number of anilines is 1. The maximum Gasteiger partial charge on any atom is 0.126 e. The zero-order valence-electron chi connectivity index (χ0n) is 12.5. The number of thioether (sulfide) groups is 1. The van der Waals surface area contributed by atoms with Crippen molar-refractivity contribution in [2.75, 3.05) is 11.9 Å². The molecule has 4 heteroatoms. The number of hydrogen-bond donors (Lipinski definition) is 1. The minimum atomic E-state index is 0.745. The summed E-state index contributed by atoms with van der Waals surface area (Å²) < 4.78 is 0. The predicted molar refractivity (Wildman–Crippen MR) is 94.2 cm³/mol. The van der Waals surface area contributed by atoms with Crippen molar-refractivity contribution in [3.05, 3.63) is 58.2 Å². The Hall–Kier alpha value is -1.19. The molecule has 112 valence electrons. The molecule has 0 bridgehead atoms. The summed E-state index contributed by atoms with van der Waals surface area (Å²) in [6, 6.07) is 12.4. The summed E-state index contributed by atoms with van der Waals surface area (Å²) in [5.41, 5.74) is 3.66. The molecule has 0 radical (unpaired) electrons. The first-order chi connectivity index (χ1) is 10.2. The Morgan fingerprint density at radius 2 is 1.95 bits per heavy atom. The molecular weight excluding hydrogens is 300 g/mol. The van der Waals surface area contributed by atoms with E-state index >= 15 is 0 Å². The molecule has 1 N–H and O–H groups in total. The van der Waals surface area contributed by atoms with Crippen LogP contribution in [0.1, 0.15) is 30.2 Å². The average Bonchev–Trinajstić information content (AvgIpc) is 2.49. The molecule has 2 rings (SSSR count). The highest BCUT2D eigenvalue weighted by molar-refractivity contribution is 7.97. The molecule has 0 unspecified atom stereocenters. The summed E-state index contributed by atoms with van der Waals surface area (Å²) in [6.45, 7) is 5.22. The topological polar surface area (TPSA) is 24.9 Å². The first-order valence-corrected chi connectivity index (χ1v) is 8.75. The second-order valence-corrected chi connectivity index (χ2v) is 6.36. The van der Waals surface area contributed by atoms with E-state index in [1.165, 1.54) is 11.1 Å². The van der Waals surface area contributed by atoms with Crippen LogP contribution in [0, 0.1) is 6.92 Å². The van der Waals surface area contributed by atoms with E-state index < -0.39 is 0 Å². The lowest BCUT2D eigenvalue weighted by Crippen LogP contribution is -2.03. The maximum absolute atomic E-state index is 6.24. The van der Waals surface area contributed by atoms with E-state index in [4.69, 9.17) is 11.6 Å². The third kappa shape index (κ3) is 4.94. The molecule has 1 aromatic carbocycles. The molecule has 0 aliphatic carbocycles. The van der Waals surface area contributed by atoms with Crippen LogP contribution in [-0.4, -0.2) is 11.5 Å². The van der Waals surface area contributed by atoms with E-state index in [9.17, 15) is 0 Å². The fourth-order valence-corrected chi connectivity index (χ4v) is 3.28. The molecule has 0 saturated carbocycles. The Labute approximate surface area is 136 Å². The highest BCUT2D eigenvalue weighted by Crippen LogP contribution is 2.24. The molecule has 0 aliphatic rings. The van der Waals surface area contributed by atoms with Crippen LogP contribution in [0.5, 0.6) is 0 Å². The van der Waals surface area contributed by atoms with Crippen LogP contribution < -0.4 is 5.32 Å². The smallest absolute Gasteiger partial charge is 0.126 e. The van der Waals surface area contributed by atoms with Crippen molar-refractivity contribution in [3.63, 3.8) is 0 Å². The third-order valence-corrected chi connectivity index (χ3v) is 4.57. The Morgan fingerprint density at radius 3 is 2.71 bits per heavy atom. The van der Waals surface area contributed by atoms with Gasteiger partial charge < -0.3 is 5.32 Å². The van der Waals surface area contributed by atoms with Gasteiger partial charge in [-0.15, -0.1) is 0 Å². The summed E-state index contributed by atoms with van der Waals surface area (Å²) in [6.07, 6.45) is 1.08.